The van der Waals surface area contributed by atoms with E-state index in [1.165, 1.54) is 5.69 Å². The van der Waals surface area contributed by atoms with Crippen LogP contribution in [0.3, 0.4) is 0 Å². The van der Waals surface area contributed by atoms with E-state index in [0.717, 1.165) is 48.7 Å². The minimum Gasteiger partial charge on any atom is -0.396 e. The molecule has 0 atom stereocenters. The van der Waals surface area contributed by atoms with Crippen LogP contribution in [0, 0.1) is 17.2 Å². The third kappa shape index (κ3) is 2.72. The number of fused-ring (bicyclic) bond motifs is 1. The lowest BCUT2D eigenvalue weighted by molar-refractivity contribution is 0.240. The molecule has 1 N–H and O–H groups in total. The van der Waals surface area contributed by atoms with Crippen LogP contribution < -0.4 is 4.90 Å². The van der Waals surface area contributed by atoms with Gasteiger partial charge in [0.1, 0.15) is 0 Å². The summed E-state index contributed by atoms with van der Waals surface area (Å²) >= 11 is 0. The number of benzene rings is 2. The molecule has 1 fully saturated rings. The Labute approximate surface area is 125 Å². The van der Waals surface area contributed by atoms with E-state index in [1.807, 2.05) is 24.3 Å². The van der Waals surface area contributed by atoms with E-state index >= 15 is 0 Å². The number of nitrogens with zero attached hydrogens (tertiary/aromatic N) is 2. The van der Waals surface area contributed by atoms with Gasteiger partial charge in [0, 0.05) is 36.2 Å². The molecule has 1 saturated heterocycles. The maximum Gasteiger partial charge on any atom is 0.0998 e. The van der Waals surface area contributed by atoms with Gasteiger partial charge in [-0.2, -0.15) is 5.26 Å². The molecule has 0 radical (unpaired) electrons. The highest BCUT2D eigenvalue weighted by molar-refractivity contribution is 5.97. The lowest BCUT2D eigenvalue weighted by atomic mass is 9.93. The molecule has 0 aliphatic carbocycles. The summed E-state index contributed by atoms with van der Waals surface area (Å²) in [6, 6.07) is 14.4. The van der Waals surface area contributed by atoms with Crippen LogP contribution in [0.2, 0.25) is 0 Å². The first-order valence-corrected chi connectivity index (χ1v) is 7.61. The highest BCUT2D eigenvalue weighted by atomic mass is 16.3. The Balaban J connectivity index is 1.90. The van der Waals surface area contributed by atoms with Crippen LogP contribution >= 0.6 is 0 Å². The Morgan fingerprint density at radius 3 is 2.48 bits per heavy atom. The molecule has 0 amide bonds. The quantitative estimate of drug-likeness (QED) is 0.938. The summed E-state index contributed by atoms with van der Waals surface area (Å²) in [4.78, 5) is 2.41. The van der Waals surface area contributed by atoms with Gasteiger partial charge in [-0.1, -0.05) is 24.3 Å². The predicted octanol–water partition coefficient (Wildman–Crippen LogP) is 3.31. The van der Waals surface area contributed by atoms with E-state index in [-0.39, 0.29) is 0 Å². The molecule has 1 heterocycles. The van der Waals surface area contributed by atoms with Crippen LogP contribution in [0.1, 0.15) is 24.8 Å². The second-order valence-electron chi connectivity index (χ2n) is 5.73. The van der Waals surface area contributed by atoms with Crippen molar-refractivity contribution in [1.82, 2.24) is 0 Å². The molecule has 2 aromatic carbocycles. The number of anilines is 1. The Kier molecular flexibility index (Phi) is 4.08. The highest BCUT2D eigenvalue weighted by Gasteiger charge is 2.20. The molecule has 0 bridgehead atoms. The number of rotatable bonds is 3. The maximum atomic E-state index is 9.24. The van der Waals surface area contributed by atoms with Crippen molar-refractivity contribution in [2.24, 2.45) is 5.92 Å². The lowest BCUT2D eigenvalue weighted by Gasteiger charge is -2.34. The molecule has 3 heteroatoms. The molecule has 1 aliphatic rings. The van der Waals surface area contributed by atoms with Gasteiger partial charge in [0.25, 0.3) is 0 Å². The summed E-state index contributed by atoms with van der Waals surface area (Å²) in [5, 5.41) is 20.5. The number of aliphatic hydroxyl groups excluding tert-OH is 1. The summed E-state index contributed by atoms with van der Waals surface area (Å²) < 4.78 is 0. The Morgan fingerprint density at radius 1 is 1.10 bits per heavy atom. The average molecular weight is 280 g/mol. The van der Waals surface area contributed by atoms with E-state index in [4.69, 9.17) is 5.11 Å². The Bertz CT molecular complexity index is 666. The molecular weight excluding hydrogens is 260 g/mol. The molecule has 0 spiro atoms. The molecule has 1 aliphatic heterocycles. The van der Waals surface area contributed by atoms with Gasteiger partial charge >= 0.3 is 0 Å². The standard InChI is InChI=1S/C18H20N2O/c19-13-15-5-6-18(17-4-2-1-3-16(15)17)20-10-7-14(8-11-20)9-12-21/h1-6,14,21H,7-12H2. The lowest BCUT2D eigenvalue weighted by Crippen LogP contribution is -2.34. The average Bonchev–Trinajstić information content (AvgIpc) is 2.55. The molecule has 0 unspecified atom stereocenters. The van der Waals surface area contributed by atoms with Crippen molar-refractivity contribution in [3.63, 3.8) is 0 Å². The van der Waals surface area contributed by atoms with Crippen LogP contribution in [-0.4, -0.2) is 24.8 Å². The normalized spacial score (nSPS) is 16.1. The fraction of sp³-hybridized carbons (Fsp3) is 0.389. The van der Waals surface area contributed by atoms with Crippen molar-refractivity contribution in [1.29, 1.82) is 5.26 Å². The van der Waals surface area contributed by atoms with Gasteiger partial charge < -0.3 is 10.0 Å². The number of hydrogen-bond donors (Lipinski definition) is 1. The molecule has 3 rings (SSSR count). The topological polar surface area (TPSA) is 47.3 Å². The van der Waals surface area contributed by atoms with Crippen LogP contribution in [0.25, 0.3) is 10.8 Å². The number of piperidine rings is 1. The first-order chi connectivity index (χ1) is 10.3. The third-order valence-electron chi connectivity index (χ3n) is 4.51. The van der Waals surface area contributed by atoms with E-state index in [1.54, 1.807) is 0 Å². The van der Waals surface area contributed by atoms with Gasteiger partial charge in [0.05, 0.1) is 11.6 Å². The summed E-state index contributed by atoms with van der Waals surface area (Å²) in [5.74, 6) is 0.649. The van der Waals surface area contributed by atoms with Crippen LogP contribution in [0.4, 0.5) is 5.69 Å². The van der Waals surface area contributed by atoms with Crippen molar-refractivity contribution in [2.75, 3.05) is 24.6 Å². The second-order valence-corrected chi connectivity index (χ2v) is 5.73. The molecule has 0 aromatic heterocycles. The minimum atomic E-state index is 0.296. The summed E-state index contributed by atoms with van der Waals surface area (Å²) in [6.07, 6.45) is 3.19. The second kappa shape index (κ2) is 6.15. The Hall–Kier alpha value is -2.05. The first kappa shape index (κ1) is 13.9. The van der Waals surface area contributed by atoms with Crippen molar-refractivity contribution in [3.8, 4) is 6.07 Å². The van der Waals surface area contributed by atoms with Crippen LogP contribution in [0.5, 0.6) is 0 Å². The fourth-order valence-electron chi connectivity index (χ4n) is 3.30. The Morgan fingerprint density at radius 2 is 1.81 bits per heavy atom. The molecule has 0 saturated carbocycles. The largest absolute Gasteiger partial charge is 0.396 e. The molecule has 108 valence electrons. The molecular formula is C18H20N2O. The van der Waals surface area contributed by atoms with Crippen molar-refractivity contribution in [2.45, 2.75) is 19.3 Å². The SMILES string of the molecule is N#Cc1ccc(N2CCC(CCO)CC2)c2ccccc12. The fourth-order valence-corrected chi connectivity index (χ4v) is 3.30. The first-order valence-electron chi connectivity index (χ1n) is 7.61. The van der Waals surface area contributed by atoms with Gasteiger partial charge in [-0.25, -0.2) is 0 Å². The summed E-state index contributed by atoms with van der Waals surface area (Å²) in [6.45, 7) is 2.35. The van der Waals surface area contributed by atoms with Crippen molar-refractivity contribution in [3.05, 3.63) is 42.0 Å². The van der Waals surface area contributed by atoms with Crippen LogP contribution in [-0.2, 0) is 0 Å². The third-order valence-corrected chi connectivity index (χ3v) is 4.51. The summed E-state index contributed by atoms with van der Waals surface area (Å²) in [7, 11) is 0. The number of hydrogen-bond acceptors (Lipinski definition) is 3. The minimum absolute atomic E-state index is 0.296. The maximum absolute atomic E-state index is 9.24. The van der Waals surface area contributed by atoms with Gasteiger partial charge in [0.15, 0.2) is 0 Å². The monoisotopic (exact) mass is 280 g/mol. The molecule has 3 nitrogen and oxygen atoms in total. The van der Waals surface area contributed by atoms with Crippen molar-refractivity contribution < 1.29 is 5.11 Å². The predicted molar refractivity (Wildman–Crippen MR) is 85.3 cm³/mol. The van der Waals surface area contributed by atoms with Gasteiger partial charge in [0.2, 0.25) is 0 Å². The molecule has 2 aromatic rings. The zero-order chi connectivity index (χ0) is 14.7. The zero-order valence-corrected chi connectivity index (χ0v) is 12.1. The number of nitriles is 1. The van der Waals surface area contributed by atoms with Gasteiger partial charge in [-0.3, -0.25) is 0 Å². The smallest absolute Gasteiger partial charge is 0.0998 e. The van der Waals surface area contributed by atoms with Crippen LogP contribution in [0.15, 0.2) is 36.4 Å². The van der Waals surface area contributed by atoms with E-state index in [9.17, 15) is 5.26 Å². The van der Waals surface area contributed by atoms with E-state index in [2.05, 4.69) is 23.1 Å². The zero-order valence-electron chi connectivity index (χ0n) is 12.1. The molecule has 21 heavy (non-hydrogen) atoms. The highest BCUT2D eigenvalue weighted by Crippen LogP contribution is 2.32. The van der Waals surface area contributed by atoms with E-state index in [0.29, 0.717) is 12.5 Å². The number of aliphatic hydroxyl groups is 1. The van der Waals surface area contributed by atoms with Gasteiger partial charge in [-0.05, 0) is 37.3 Å². The van der Waals surface area contributed by atoms with Crippen molar-refractivity contribution >= 4 is 16.5 Å². The summed E-state index contributed by atoms with van der Waals surface area (Å²) in [5.41, 5.74) is 1.97. The van der Waals surface area contributed by atoms with E-state index < -0.39 is 0 Å². The van der Waals surface area contributed by atoms with Gasteiger partial charge in [-0.15, -0.1) is 0 Å².